The molecule has 1 fully saturated rings. The highest BCUT2D eigenvalue weighted by Crippen LogP contribution is 2.30. The van der Waals surface area contributed by atoms with Gasteiger partial charge in [-0.2, -0.15) is 0 Å². The fourth-order valence-corrected chi connectivity index (χ4v) is 3.92. The molecule has 5 heteroatoms. The number of rotatable bonds is 3. The number of fused-ring (bicyclic) bond motifs is 1. The Balaban J connectivity index is 1.50. The van der Waals surface area contributed by atoms with E-state index in [1.165, 1.54) is 12.1 Å². The van der Waals surface area contributed by atoms with Crippen LogP contribution in [-0.4, -0.2) is 27.5 Å². The number of nitrogens with one attached hydrogen (secondary N) is 1. The molecule has 3 aromatic rings. The van der Waals surface area contributed by atoms with E-state index in [0.717, 1.165) is 42.5 Å². The maximum atomic E-state index is 13.1. The summed E-state index contributed by atoms with van der Waals surface area (Å²) in [5, 5.41) is 0. The van der Waals surface area contributed by atoms with E-state index in [1.54, 1.807) is 0 Å². The number of halogens is 1. The Morgan fingerprint density at radius 1 is 1.08 bits per heavy atom. The number of H-pyrrole nitrogens is 1. The highest BCUT2D eigenvalue weighted by molar-refractivity contribution is 5.75. The number of imidazole rings is 1. The van der Waals surface area contributed by atoms with Gasteiger partial charge in [0.2, 0.25) is 0 Å². The number of aromatic nitrogens is 2. The fourth-order valence-electron chi connectivity index (χ4n) is 3.92. The summed E-state index contributed by atoms with van der Waals surface area (Å²) in [4.78, 5) is 17.7. The first-order chi connectivity index (χ1) is 12.1. The zero-order valence-corrected chi connectivity index (χ0v) is 14.3. The van der Waals surface area contributed by atoms with E-state index in [4.69, 9.17) is 0 Å². The lowest BCUT2D eigenvalue weighted by Gasteiger charge is -2.36. The molecule has 1 N–H and O–H groups in total. The number of nitrogens with zero attached hydrogens (tertiary/aromatic N) is 2. The Morgan fingerprint density at radius 3 is 2.48 bits per heavy atom. The molecule has 0 spiro atoms. The second-order valence-electron chi connectivity index (χ2n) is 6.81. The summed E-state index contributed by atoms with van der Waals surface area (Å²) in [6.07, 6.45) is 1.88. The molecule has 0 amide bonds. The van der Waals surface area contributed by atoms with Crippen molar-refractivity contribution >= 4 is 11.0 Å². The van der Waals surface area contributed by atoms with E-state index < -0.39 is 0 Å². The SMILES string of the molecule is CC(c1ccc(F)cc1)N1CCC(n2c(=O)[nH]c3ccccc32)CC1. The van der Waals surface area contributed by atoms with Crippen molar-refractivity contribution in [2.45, 2.75) is 31.8 Å². The largest absolute Gasteiger partial charge is 0.326 e. The van der Waals surface area contributed by atoms with Crippen molar-refractivity contribution in [2.75, 3.05) is 13.1 Å². The Hall–Kier alpha value is -2.40. The molecular formula is C20H22FN3O. The van der Waals surface area contributed by atoms with Crippen LogP contribution in [0.1, 0.15) is 37.4 Å². The summed E-state index contributed by atoms with van der Waals surface area (Å²) >= 11 is 0. The van der Waals surface area contributed by atoms with Crippen LogP contribution in [0.2, 0.25) is 0 Å². The molecule has 4 nitrogen and oxygen atoms in total. The van der Waals surface area contributed by atoms with Gasteiger partial charge < -0.3 is 4.98 Å². The van der Waals surface area contributed by atoms with E-state index in [2.05, 4.69) is 16.8 Å². The van der Waals surface area contributed by atoms with Crippen LogP contribution in [-0.2, 0) is 0 Å². The Morgan fingerprint density at radius 2 is 1.76 bits per heavy atom. The van der Waals surface area contributed by atoms with Crippen LogP contribution in [0, 0.1) is 5.82 Å². The molecule has 0 saturated carbocycles. The van der Waals surface area contributed by atoms with Crippen LogP contribution in [0.25, 0.3) is 11.0 Å². The summed E-state index contributed by atoms with van der Waals surface area (Å²) in [7, 11) is 0. The minimum absolute atomic E-state index is 0.0220. The molecule has 1 aliphatic heterocycles. The van der Waals surface area contributed by atoms with Crippen molar-refractivity contribution in [1.29, 1.82) is 0 Å². The first kappa shape index (κ1) is 16.1. The molecule has 1 unspecified atom stereocenters. The zero-order chi connectivity index (χ0) is 17.4. The number of benzene rings is 2. The summed E-state index contributed by atoms with van der Waals surface area (Å²) in [5.74, 6) is -0.201. The molecule has 1 aliphatic rings. The van der Waals surface area contributed by atoms with Gasteiger partial charge in [0.25, 0.3) is 0 Å². The molecule has 1 saturated heterocycles. The van der Waals surface area contributed by atoms with Crippen molar-refractivity contribution in [3.05, 3.63) is 70.4 Å². The van der Waals surface area contributed by atoms with E-state index >= 15 is 0 Å². The van der Waals surface area contributed by atoms with Gasteiger partial charge in [0.15, 0.2) is 0 Å². The Labute approximate surface area is 145 Å². The van der Waals surface area contributed by atoms with Gasteiger partial charge in [0, 0.05) is 25.2 Å². The number of hydrogen-bond acceptors (Lipinski definition) is 2. The molecule has 0 radical (unpaired) electrons. The minimum Gasteiger partial charge on any atom is -0.306 e. The van der Waals surface area contributed by atoms with Crippen LogP contribution in [0.3, 0.4) is 0 Å². The average Bonchev–Trinajstić information content (AvgIpc) is 2.97. The van der Waals surface area contributed by atoms with Crippen molar-refractivity contribution in [3.63, 3.8) is 0 Å². The first-order valence-corrected chi connectivity index (χ1v) is 8.82. The monoisotopic (exact) mass is 339 g/mol. The third-order valence-electron chi connectivity index (χ3n) is 5.39. The minimum atomic E-state index is -0.201. The van der Waals surface area contributed by atoms with Crippen molar-refractivity contribution in [1.82, 2.24) is 14.5 Å². The van der Waals surface area contributed by atoms with Crippen molar-refractivity contribution in [2.24, 2.45) is 0 Å². The normalized spacial score (nSPS) is 17.8. The van der Waals surface area contributed by atoms with Crippen molar-refractivity contribution < 1.29 is 4.39 Å². The number of likely N-dealkylation sites (tertiary alicyclic amines) is 1. The second kappa shape index (κ2) is 6.48. The molecule has 1 aromatic heterocycles. The highest BCUT2D eigenvalue weighted by atomic mass is 19.1. The fraction of sp³-hybridized carbons (Fsp3) is 0.350. The molecular weight excluding hydrogens is 317 g/mol. The zero-order valence-electron chi connectivity index (χ0n) is 14.3. The molecule has 0 bridgehead atoms. The van der Waals surface area contributed by atoms with Gasteiger partial charge in [-0.05, 0) is 49.6 Å². The van der Waals surface area contributed by atoms with Crippen LogP contribution in [0.15, 0.2) is 53.3 Å². The second-order valence-corrected chi connectivity index (χ2v) is 6.81. The van der Waals surface area contributed by atoms with Crippen LogP contribution in [0.5, 0.6) is 0 Å². The highest BCUT2D eigenvalue weighted by Gasteiger charge is 2.26. The van der Waals surface area contributed by atoms with E-state index in [0.29, 0.717) is 0 Å². The van der Waals surface area contributed by atoms with Crippen LogP contribution in [0.4, 0.5) is 4.39 Å². The maximum Gasteiger partial charge on any atom is 0.326 e. The van der Waals surface area contributed by atoms with E-state index in [9.17, 15) is 9.18 Å². The lowest BCUT2D eigenvalue weighted by Crippen LogP contribution is -2.38. The van der Waals surface area contributed by atoms with Gasteiger partial charge in [-0.25, -0.2) is 9.18 Å². The van der Waals surface area contributed by atoms with Gasteiger partial charge in [0.05, 0.1) is 11.0 Å². The van der Waals surface area contributed by atoms with Gasteiger partial charge in [0.1, 0.15) is 5.82 Å². The van der Waals surface area contributed by atoms with Gasteiger partial charge >= 0.3 is 5.69 Å². The van der Waals surface area contributed by atoms with Gasteiger partial charge in [-0.3, -0.25) is 9.47 Å². The van der Waals surface area contributed by atoms with Gasteiger partial charge in [-0.1, -0.05) is 24.3 Å². The molecule has 1 atom stereocenters. The third kappa shape index (κ3) is 3.00. The van der Waals surface area contributed by atoms with Crippen LogP contribution < -0.4 is 5.69 Å². The Kier molecular flexibility index (Phi) is 4.17. The predicted octanol–water partition coefficient (Wildman–Crippen LogP) is 3.87. The Bertz CT molecular complexity index is 920. The lowest BCUT2D eigenvalue weighted by atomic mass is 10.00. The smallest absolute Gasteiger partial charge is 0.306 e. The number of para-hydroxylation sites is 2. The molecule has 0 aliphatic carbocycles. The van der Waals surface area contributed by atoms with Crippen molar-refractivity contribution in [3.8, 4) is 0 Å². The molecule has 2 aromatic carbocycles. The molecule has 4 rings (SSSR count). The van der Waals surface area contributed by atoms with Crippen LogP contribution >= 0.6 is 0 Å². The lowest BCUT2D eigenvalue weighted by molar-refractivity contribution is 0.144. The standard InChI is InChI=1S/C20H22FN3O/c1-14(15-6-8-16(21)9-7-15)23-12-10-17(11-13-23)24-19-5-3-2-4-18(19)22-20(24)25/h2-9,14,17H,10-13H2,1H3,(H,22,25). The predicted molar refractivity (Wildman–Crippen MR) is 97.2 cm³/mol. The summed E-state index contributed by atoms with van der Waals surface area (Å²) in [6, 6.07) is 15.1. The van der Waals surface area contributed by atoms with E-state index in [-0.39, 0.29) is 23.6 Å². The molecule has 25 heavy (non-hydrogen) atoms. The summed E-state index contributed by atoms with van der Waals surface area (Å²) < 4.78 is 15.0. The molecule has 130 valence electrons. The number of piperidine rings is 1. The topological polar surface area (TPSA) is 41.0 Å². The number of aromatic amines is 1. The maximum absolute atomic E-state index is 13.1. The quantitative estimate of drug-likeness (QED) is 0.787. The average molecular weight is 339 g/mol. The van der Waals surface area contributed by atoms with E-state index in [1.807, 2.05) is 41.0 Å². The first-order valence-electron chi connectivity index (χ1n) is 8.82. The molecule has 2 heterocycles. The van der Waals surface area contributed by atoms with Gasteiger partial charge in [-0.15, -0.1) is 0 Å². The third-order valence-corrected chi connectivity index (χ3v) is 5.39. The summed E-state index contributed by atoms with van der Waals surface area (Å²) in [5.41, 5.74) is 2.99. The summed E-state index contributed by atoms with van der Waals surface area (Å²) in [6.45, 7) is 4.01. The number of hydrogen-bond donors (Lipinski definition) is 1.